The molecular weight excluding hydrogens is 326 g/mol. The summed E-state index contributed by atoms with van der Waals surface area (Å²) >= 11 is 5.87. The summed E-state index contributed by atoms with van der Waals surface area (Å²) < 4.78 is 0. The Labute approximate surface area is 146 Å². The molecule has 0 heterocycles. The molecule has 2 aromatic rings. The fourth-order valence-corrected chi connectivity index (χ4v) is 2.53. The number of nitrogens with zero attached hydrogens (tertiary/aromatic N) is 1. The molecule has 4 nitrogen and oxygen atoms in total. The van der Waals surface area contributed by atoms with Gasteiger partial charge in [-0.25, -0.2) is 0 Å². The second-order valence-corrected chi connectivity index (χ2v) is 6.04. The monoisotopic (exact) mass is 345 g/mol. The third-order valence-electron chi connectivity index (χ3n) is 3.66. The molecule has 0 saturated heterocycles. The maximum absolute atomic E-state index is 12.6. The lowest BCUT2D eigenvalue weighted by atomic mass is 10.1. The molecule has 0 bridgehead atoms. The highest BCUT2D eigenvalue weighted by atomic mass is 35.5. The molecule has 0 saturated carbocycles. The lowest BCUT2D eigenvalue weighted by Crippen LogP contribution is -2.33. The fourth-order valence-electron chi connectivity index (χ4n) is 2.41. The Bertz CT molecular complexity index is 671. The normalized spacial score (nSPS) is 10.4. The Morgan fingerprint density at radius 1 is 0.958 bits per heavy atom. The topological polar surface area (TPSA) is 57.6 Å². The highest BCUT2D eigenvalue weighted by molar-refractivity contribution is 6.30. The predicted octanol–water partition coefficient (Wildman–Crippen LogP) is 3.78. The van der Waals surface area contributed by atoms with E-state index in [0.717, 1.165) is 11.1 Å². The number of aliphatic carboxylic acids is 1. The molecule has 0 atom stereocenters. The second-order valence-electron chi connectivity index (χ2n) is 5.60. The van der Waals surface area contributed by atoms with Gasteiger partial charge >= 0.3 is 5.97 Å². The first-order chi connectivity index (χ1) is 11.5. The highest BCUT2D eigenvalue weighted by Gasteiger charge is 2.15. The van der Waals surface area contributed by atoms with Crippen molar-refractivity contribution in [2.24, 2.45) is 0 Å². The van der Waals surface area contributed by atoms with Crippen molar-refractivity contribution >= 4 is 23.5 Å². The maximum atomic E-state index is 12.6. The fraction of sp³-hybridized carbons (Fsp3) is 0.263. The first kappa shape index (κ1) is 18.0. The van der Waals surface area contributed by atoms with Gasteiger partial charge in [0.15, 0.2) is 0 Å². The van der Waals surface area contributed by atoms with Gasteiger partial charge in [0.25, 0.3) is 0 Å². The molecule has 0 unspecified atom stereocenters. The minimum absolute atomic E-state index is 0.0217. The number of carbonyl (C=O) groups is 2. The van der Waals surface area contributed by atoms with Crippen LogP contribution in [-0.4, -0.2) is 28.4 Å². The molecule has 0 aromatic heterocycles. The summed E-state index contributed by atoms with van der Waals surface area (Å²) in [5, 5.41) is 9.43. The summed E-state index contributed by atoms with van der Waals surface area (Å²) in [6.45, 7) is 0.903. The van der Waals surface area contributed by atoms with Crippen LogP contribution in [0.3, 0.4) is 0 Å². The van der Waals surface area contributed by atoms with Crippen LogP contribution in [0.15, 0.2) is 54.6 Å². The Morgan fingerprint density at radius 3 is 2.25 bits per heavy atom. The number of carbonyl (C=O) groups excluding carboxylic acids is 1. The predicted molar refractivity (Wildman–Crippen MR) is 93.9 cm³/mol. The van der Waals surface area contributed by atoms with E-state index in [-0.39, 0.29) is 18.7 Å². The van der Waals surface area contributed by atoms with Crippen LogP contribution in [0.1, 0.15) is 24.0 Å². The molecule has 0 radical (unpaired) electrons. The van der Waals surface area contributed by atoms with Gasteiger partial charge in [-0.2, -0.15) is 0 Å². The highest BCUT2D eigenvalue weighted by Crippen LogP contribution is 2.13. The van der Waals surface area contributed by atoms with Crippen LogP contribution in [0.5, 0.6) is 0 Å². The Morgan fingerprint density at radius 2 is 1.62 bits per heavy atom. The molecule has 24 heavy (non-hydrogen) atoms. The van der Waals surface area contributed by atoms with Crippen LogP contribution < -0.4 is 0 Å². The van der Waals surface area contributed by atoms with Crippen LogP contribution in [-0.2, 0) is 22.6 Å². The van der Waals surface area contributed by atoms with Crippen molar-refractivity contribution in [3.8, 4) is 0 Å². The molecule has 0 aliphatic heterocycles. The van der Waals surface area contributed by atoms with Crippen LogP contribution in [0.2, 0.25) is 5.02 Å². The molecule has 0 aliphatic rings. The number of benzene rings is 2. The third kappa shape index (κ3) is 6.05. The summed E-state index contributed by atoms with van der Waals surface area (Å²) in [4.78, 5) is 25.1. The van der Waals surface area contributed by atoms with Gasteiger partial charge in [-0.3, -0.25) is 9.59 Å². The summed E-state index contributed by atoms with van der Waals surface area (Å²) in [6.07, 6.45) is 0.769. The quantitative estimate of drug-likeness (QED) is 0.792. The molecule has 0 aliphatic carbocycles. The minimum atomic E-state index is -0.847. The Balaban J connectivity index is 2.03. The van der Waals surface area contributed by atoms with Crippen LogP contribution in [0.25, 0.3) is 0 Å². The van der Waals surface area contributed by atoms with Crippen LogP contribution >= 0.6 is 11.6 Å². The van der Waals surface area contributed by atoms with Crippen molar-refractivity contribution in [3.05, 3.63) is 70.7 Å². The van der Waals surface area contributed by atoms with E-state index in [0.29, 0.717) is 24.5 Å². The van der Waals surface area contributed by atoms with E-state index < -0.39 is 5.97 Å². The standard InChI is InChI=1S/C19H20ClNO3/c20-17-10-8-15(9-11-17)13-18(22)21(12-4-7-19(23)24)14-16-5-2-1-3-6-16/h1-3,5-6,8-11H,4,7,12-14H2,(H,23,24). The molecule has 2 aromatic carbocycles. The molecule has 5 heteroatoms. The maximum Gasteiger partial charge on any atom is 0.303 e. The summed E-state index contributed by atoms with van der Waals surface area (Å²) in [6, 6.07) is 16.9. The molecule has 1 N–H and O–H groups in total. The van der Waals surface area contributed by atoms with Crippen LogP contribution in [0.4, 0.5) is 0 Å². The number of amides is 1. The Hall–Kier alpha value is -2.33. The van der Waals surface area contributed by atoms with Gasteiger partial charge in [0.05, 0.1) is 6.42 Å². The molecule has 0 spiro atoms. The molecule has 126 valence electrons. The lowest BCUT2D eigenvalue weighted by molar-refractivity contribution is -0.138. The number of rotatable bonds is 8. The number of hydrogen-bond acceptors (Lipinski definition) is 2. The van der Waals surface area contributed by atoms with Crippen molar-refractivity contribution in [3.63, 3.8) is 0 Å². The summed E-state index contributed by atoms with van der Waals surface area (Å²) in [5.41, 5.74) is 1.91. The van der Waals surface area contributed by atoms with E-state index in [1.54, 1.807) is 17.0 Å². The lowest BCUT2D eigenvalue weighted by Gasteiger charge is -2.23. The number of halogens is 1. The zero-order valence-electron chi connectivity index (χ0n) is 13.3. The van der Waals surface area contributed by atoms with Gasteiger partial charge in [0.1, 0.15) is 0 Å². The molecular formula is C19H20ClNO3. The third-order valence-corrected chi connectivity index (χ3v) is 3.91. The first-order valence-corrected chi connectivity index (χ1v) is 8.20. The van der Waals surface area contributed by atoms with Crippen molar-refractivity contribution in [2.75, 3.05) is 6.54 Å². The van der Waals surface area contributed by atoms with Gasteiger partial charge in [0, 0.05) is 24.5 Å². The van der Waals surface area contributed by atoms with E-state index >= 15 is 0 Å². The van der Waals surface area contributed by atoms with Gasteiger partial charge in [-0.15, -0.1) is 0 Å². The van der Waals surface area contributed by atoms with Crippen molar-refractivity contribution in [1.29, 1.82) is 0 Å². The van der Waals surface area contributed by atoms with E-state index in [1.807, 2.05) is 42.5 Å². The van der Waals surface area contributed by atoms with E-state index in [2.05, 4.69) is 0 Å². The average molecular weight is 346 g/mol. The number of carboxylic acids is 1. The van der Waals surface area contributed by atoms with Crippen molar-refractivity contribution in [2.45, 2.75) is 25.8 Å². The Kier molecular flexibility index (Phi) is 6.82. The zero-order chi connectivity index (χ0) is 17.4. The smallest absolute Gasteiger partial charge is 0.303 e. The zero-order valence-corrected chi connectivity index (χ0v) is 14.1. The molecule has 1 amide bonds. The van der Waals surface area contributed by atoms with Gasteiger partial charge in [0.2, 0.25) is 5.91 Å². The van der Waals surface area contributed by atoms with Gasteiger partial charge in [-0.1, -0.05) is 54.1 Å². The van der Waals surface area contributed by atoms with Crippen molar-refractivity contribution in [1.82, 2.24) is 4.90 Å². The second kappa shape index (κ2) is 9.08. The molecule has 0 fully saturated rings. The van der Waals surface area contributed by atoms with E-state index in [4.69, 9.17) is 16.7 Å². The number of carboxylic acid groups (broad SMARTS) is 1. The summed E-state index contributed by atoms with van der Waals surface area (Å²) in [5.74, 6) is -0.869. The SMILES string of the molecule is O=C(O)CCCN(Cc1ccccc1)C(=O)Cc1ccc(Cl)cc1. The minimum Gasteiger partial charge on any atom is -0.481 e. The van der Waals surface area contributed by atoms with Gasteiger partial charge < -0.3 is 10.0 Å². The van der Waals surface area contributed by atoms with Gasteiger partial charge in [-0.05, 0) is 29.7 Å². The van der Waals surface area contributed by atoms with E-state index in [1.165, 1.54) is 0 Å². The van der Waals surface area contributed by atoms with Crippen LogP contribution in [0, 0.1) is 0 Å². The van der Waals surface area contributed by atoms with Crippen molar-refractivity contribution < 1.29 is 14.7 Å². The largest absolute Gasteiger partial charge is 0.481 e. The average Bonchev–Trinajstić information content (AvgIpc) is 2.56. The first-order valence-electron chi connectivity index (χ1n) is 7.82. The van der Waals surface area contributed by atoms with E-state index in [9.17, 15) is 9.59 Å². The molecule has 2 rings (SSSR count). The summed E-state index contributed by atoms with van der Waals surface area (Å²) in [7, 11) is 0. The number of hydrogen-bond donors (Lipinski definition) is 1.